The molecule has 0 spiro atoms. The quantitative estimate of drug-likeness (QED) is 0.848. The predicted molar refractivity (Wildman–Crippen MR) is 106 cm³/mol. The van der Waals surface area contributed by atoms with E-state index in [-0.39, 0.29) is 18.0 Å². The van der Waals surface area contributed by atoms with E-state index >= 15 is 0 Å². The van der Waals surface area contributed by atoms with Crippen LogP contribution in [0.5, 0.6) is 0 Å². The fourth-order valence-corrected chi connectivity index (χ4v) is 3.65. The Morgan fingerprint density at radius 2 is 1.96 bits per heavy atom. The zero-order chi connectivity index (χ0) is 19.2. The Morgan fingerprint density at radius 1 is 1.27 bits per heavy atom. The second-order valence-electron chi connectivity index (χ2n) is 7.79. The van der Waals surface area contributed by atoms with E-state index in [1.807, 2.05) is 26.8 Å². The first-order valence-electron chi connectivity index (χ1n) is 9.13. The molecule has 5 nitrogen and oxygen atoms in total. The van der Waals surface area contributed by atoms with Crippen molar-refractivity contribution in [3.63, 3.8) is 0 Å². The Labute approximate surface area is 160 Å². The zero-order valence-corrected chi connectivity index (χ0v) is 17.0. The van der Waals surface area contributed by atoms with Crippen LogP contribution < -0.4 is 5.32 Å². The van der Waals surface area contributed by atoms with Gasteiger partial charge in [-0.3, -0.25) is 4.79 Å². The van der Waals surface area contributed by atoms with E-state index in [1.165, 1.54) is 11.1 Å². The lowest BCUT2D eigenvalue weighted by Crippen LogP contribution is -2.48. The van der Waals surface area contributed by atoms with Crippen LogP contribution >= 0.6 is 11.8 Å². The van der Waals surface area contributed by atoms with Crippen molar-refractivity contribution in [1.82, 2.24) is 10.2 Å². The molecule has 1 fully saturated rings. The standard InChI is InChI=1S/C20H30N2O3S/c1-15-6-5-7-16(12-15)13-26-14-18(23)21-17-8-10-22(11-9-17)19(24)25-20(2,3)4/h5-7,12,17H,8-11,13-14H2,1-4H3,(H,21,23). The number of nitrogens with one attached hydrogen (secondary N) is 1. The lowest BCUT2D eigenvalue weighted by atomic mass is 10.1. The second-order valence-corrected chi connectivity index (χ2v) is 8.78. The molecule has 26 heavy (non-hydrogen) atoms. The molecule has 1 aromatic rings. The van der Waals surface area contributed by atoms with E-state index in [0.717, 1.165) is 18.6 Å². The molecule has 0 aliphatic carbocycles. The number of ether oxygens (including phenoxy) is 1. The summed E-state index contributed by atoms with van der Waals surface area (Å²) in [5.74, 6) is 1.37. The second kappa shape index (κ2) is 9.31. The molecule has 0 bridgehead atoms. The molecule has 1 aliphatic rings. The highest BCUT2D eigenvalue weighted by atomic mass is 32.2. The number of piperidine rings is 1. The normalized spacial score (nSPS) is 15.6. The number of thioether (sulfide) groups is 1. The van der Waals surface area contributed by atoms with Crippen molar-refractivity contribution in [2.24, 2.45) is 0 Å². The molecule has 1 heterocycles. The van der Waals surface area contributed by atoms with Gasteiger partial charge in [0.1, 0.15) is 5.60 Å². The fraction of sp³-hybridized carbons (Fsp3) is 0.600. The van der Waals surface area contributed by atoms with E-state index in [9.17, 15) is 9.59 Å². The molecule has 2 rings (SSSR count). The van der Waals surface area contributed by atoms with Crippen molar-refractivity contribution in [2.75, 3.05) is 18.8 Å². The van der Waals surface area contributed by atoms with Crippen LogP contribution in [0.2, 0.25) is 0 Å². The maximum atomic E-state index is 12.1. The first-order valence-corrected chi connectivity index (χ1v) is 10.3. The average molecular weight is 379 g/mol. The van der Waals surface area contributed by atoms with Crippen LogP contribution in [0.1, 0.15) is 44.7 Å². The Kier molecular flexibility index (Phi) is 7.38. The van der Waals surface area contributed by atoms with Crippen molar-refractivity contribution in [2.45, 2.75) is 57.9 Å². The Hall–Kier alpha value is -1.69. The summed E-state index contributed by atoms with van der Waals surface area (Å²) in [4.78, 5) is 25.9. The molecule has 1 saturated heterocycles. The summed E-state index contributed by atoms with van der Waals surface area (Å²) in [5, 5.41) is 3.09. The number of aryl methyl sites for hydroxylation is 1. The van der Waals surface area contributed by atoms with Gasteiger partial charge in [-0.15, -0.1) is 11.8 Å². The van der Waals surface area contributed by atoms with Gasteiger partial charge in [-0.1, -0.05) is 29.8 Å². The first kappa shape index (κ1) is 20.6. The summed E-state index contributed by atoms with van der Waals surface area (Å²) in [6.45, 7) is 8.92. The number of hydrogen-bond acceptors (Lipinski definition) is 4. The molecule has 6 heteroatoms. The highest BCUT2D eigenvalue weighted by Gasteiger charge is 2.27. The molecule has 0 aromatic heterocycles. The van der Waals surface area contributed by atoms with Gasteiger partial charge in [0.05, 0.1) is 5.75 Å². The van der Waals surface area contributed by atoms with Gasteiger partial charge in [-0.2, -0.15) is 0 Å². The van der Waals surface area contributed by atoms with Crippen LogP contribution in [-0.4, -0.2) is 47.4 Å². The van der Waals surface area contributed by atoms with E-state index in [2.05, 4.69) is 30.4 Å². The zero-order valence-electron chi connectivity index (χ0n) is 16.2. The highest BCUT2D eigenvalue weighted by Crippen LogP contribution is 2.16. The van der Waals surface area contributed by atoms with Crippen molar-refractivity contribution in [3.05, 3.63) is 35.4 Å². The molecule has 1 aliphatic heterocycles. The Bertz CT molecular complexity index is 620. The highest BCUT2D eigenvalue weighted by molar-refractivity contribution is 7.99. The molecule has 0 atom stereocenters. The van der Waals surface area contributed by atoms with Gasteiger partial charge in [0.15, 0.2) is 0 Å². The van der Waals surface area contributed by atoms with Crippen LogP contribution in [0, 0.1) is 6.92 Å². The smallest absolute Gasteiger partial charge is 0.410 e. The molecule has 1 N–H and O–H groups in total. The number of benzene rings is 1. The number of rotatable bonds is 5. The number of hydrogen-bond donors (Lipinski definition) is 1. The molecule has 0 saturated carbocycles. The lowest BCUT2D eigenvalue weighted by Gasteiger charge is -2.33. The third-order valence-electron chi connectivity index (χ3n) is 4.10. The lowest BCUT2D eigenvalue weighted by molar-refractivity contribution is -0.119. The number of carbonyl (C=O) groups is 2. The van der Waals surface area contributed by atoms with E-state index in [0.29, 0.717) is 18.8 Å². The van der Waals surface area contributed by atoms with E-state index in [4.69, 9.17) is 4.74 Å². The van der Waals surface area contributed by atoms with Gasteiger partial charge in [0, 0.05) is 24.9 Å². The third kappa shape index (κ3) is 7.28. The maximum absolute atomic E-state index is 12.1. The minimum atomic E-state index is -0.476. The number of carbonyl (C=O) groups excluding carboxylic acids is 2. The monoisotopic (exact) mass is 378 g/mol. The molecule has 1 aromatic carbocycles. The van der Waals surface area contributed by atoms with Gasteiger partial charge in [-0.05, 0) is 46.1 Å². The molecular formula is C20H30N2O3S. The van der Waals surface area contributed by atoms with Crippen LogP contribution in [-0.2, 0) is 15.3 Å². The summed E-state index contributed by atoms with van der Waals surface area (Å²) in [5.41, 5.74) is 2.01. The topological polar surface area (TPSA) is 58.6 Å². The first-order chi connectivity index (χ1) is 12.2. The Morgan fingerprint density at radius 3 is 2.58 bits per heavy atom. The van der Waals surface area contributed by atoms with Crippen LogP contribution in [0.25, 0.3) is 0 Å². The van der Waals surface area contributed by atoms with Gasteiger partial charge in [-0.25, -0.2) is 4.79 Å². The number of nitrogens with zero attached hydrogens (tertiary/aromatic N) is 1. The third-order valence-corrected chi connectivity index (χ3v) is 5.10. The minimum Gasteiger partial charge on any atom is -0.444 e. The van der Waals surface area contributed by atoms with Gasteiger partial charge in [0.25, 0.3) is 0 Å². The summed E-state index contributed by atoms with van der Waals surface area (Å²) in [7, 11) is 0. The Balaban J connectivity index is 1.65. The predicted octanol–water partition coefficient (Wildman–Crippen LogP) is 3.74. The molecule has 144 valence electrons. The summed E-state index contributed by atoms with van der Waals surface area (Å²) in [6, 6.07) is 8.50. The van der Waals surface area contributed by atoms with Crippen LogP contribution in [0.4, 0.5) is 4.79 Å². The average Bonchev–Trinajstić information content (AvgIpc) is 2.54. The van der Waals surface area contributed by atoms with Crippen LogP contribution in [0.3, 0.4) is 0 Å². The number of amides is 2. The molecule has 0 unspecified atom stereocenters. The van der Waals surface area contributed by atoms with E-state index < -0.39 is 5.60 Å². The molecular weight excluding hydrogens is 348 g/mol. The van der Waals surface area contributed by atoms with Crippen molar-refractivity contribution in [1.29, 1.82) is 0 Å². The SMILES string of the molecule is Cc1cccc(CSCC(=O)NC2CCN(C(=O)OC(C)(C)C)CC2)c1. The van der Waals surface area contributed by atoms with Gasteiger partial charge < -0.3 is 15.0 Å². The fourth-order valence-electron chi connectivity index (χ4n) is 2.87. The molecule has 0 radical (unpaired) electrons. The van der Waals surface area contributed by atoms with Crippen LogP contribution in [0.15, 0.2) is 24.3 Å². The van der Waals surface area contributed by atoms with E-state index in [1.54, 1.807) is 16.7 Å². The summed E-state index contributed by atoms with van der Waals surface area (Å²) >= 11 is 1.63. The largest absolute Gasteiger partial charge is 0.444 e. The summed E-state index contributed by atoms with van der Waals surface area (Å²) < 4.78 is 5.39. The molecule has 2 amide bonds. The maximum Gasteiger partial charge on any atom is 0.410 e. The number of likely N-dealkylation sites (tertiary alicyclic amines) is 1. The van der Waals surface area contributed by atoms with Gasteiger partial charge in [0.2, 0.25) is 5.91 Å². The van der Waals surface area contributed by atoms with Gasteiger partial charge >= 0.3 is 6.09 Å². The van der Waals surface area contributed by atoms with Crippen molar-refractivity contribution < 1.29 is 14.3 Å². The van der Waals surface area contributed by atoms with Crippen molar-refractivity contribution >= 4 is 23.8 Å². The summed E-state index contributed by atoms with van der Waals surface area (Å²) in [6.07, 6.45) is 1.28. The van der Waals surface area contributed by atoms with Crippen molar-refractivity contribution in [3.8, 4) is 0 Å². The minimum absolute atomic E-state index is 0.0679.